The van der Waals surface area contributed by atoms with Gasteiger partial charge in [0.1, 0.15) is 11.1 Å². The standard InChI is InChI=1S/C24H22N2O3S/c1-29-21-10-6-5-9-20(21)26-23(28)16-30-24(26)18-11-13-19(14-12-18)25-22(27)15-17-7-3-2-4-8-17/h2-14,24H,15-16H2,1H3,(H,25,27). The van der Waals surface area contributed by atoms with Gasteiger partial charge in [-0.05, 0) is 35.4 Å². The maximum absolute atomic E-state index is 12.6. The van der Waals surface area contributed by atoms with Crippen LogP contribution >= 0.6 is 11.8 Å². The zero-order chi connectivity index (χ0) is 20.9. The van der Waals surface area contributed by atoms with Crippen molar-refractivity contribution in [3.63, 3.8) is 0 Å². The number of para-hydroxylation sites is 2. The Balaban J connectivity index is 1.49. The molecule has 5 nitrogen and oxygen atoms in total. The summed E-state index contributed by atoms with van der Waals surface area (Å²) in [5.41, 5.74) is 3.47. The van der Waals surface area contributed by atoms with Crippen molar-refractivity contribution in [3.8, 4) is 5.75 Å². The minimum atomic E-state index is -0.136. The number of benzene rings is 3. The third kappa shape index (κ3) is 4.33. The topological polar surface area (TPSA) is 58.6 Å². The van der Waals surface area contributed by atoms with Gasteiger partial charge in [-0.15, -0.1) is 11.8 Å². The number of hydrogen-bond donors (Lipinski definition) is 1. The van der Waals surface area contributed by atoms with E-state index in [-0.39, 0.29) is 17.2 Å². The van der Waals surface area contributed by atoms with Crippen molar-refractivity contribution in [2.45, 2.75) is 11.8 Å². The van der Waals surface area contributed by atoms with E-state index >= 15 is 0 Å². The van der Waals surface area contributed by atoms with E-state index in [1.165, 1.54) is 0 Å². The van der Waals surface area contributed by atoms with Crippen molar-refractivity contribution in [1.82, 2.24) is 0 Å². The van der Waals surface area contributed by atoms with Crippen LogP contribution in [0.4, 0.5) is 11.4 Å². The number of rotatable bonds is 6. The van der Waals surface area contributed by atoms with Crippen LogP contribution in [0.2, 0.25) is 0 Å². The first-order valence-electron chi connectivity index (χ1n) is 9.66. The average molecular weight is 419 g/mol. The van der Waals surface area contributed by atoms with Crippen molar-refractivity contribution in [2.24, 2.45) is 0 Å². The summed E-state index contributed by atoms with van der Waals surface area (Å²) in [6.45, 7) is 0. The highest BCUT2D eigenvalue weighted by Gasteiger charge is 2.35. The molecule has 1 fully saturated rings. The van der Waals surface area contributed by atoms with Crippen LogP contribution in [0, 0.1) is 0 Å². The smallest absolute Gasteiger partial charge is 0.238 e. The molecule has 3 aromatic rings. The van der Waals surface area contributed by atoms with Crippen molar-refractivity contribution in [1.29, 1.82) is 0 Å². The van der Waals surface area contributed by atoms with Crippen molar-refractivity contribution < 1.29 is 14.3 Å². The molecule has 1 aliphatic rings. The van der Waals surface area contributed by atoms with Gasteiger partial charge in [0.25, 0.3) is 0 Å². The molecule has 3 aromatic carbocycles. The number of anilines is 2. The molecular weight excluding hydrogens is 396 g/mol. The van der Waals surface area contributed by atoms with E-state index in [9.17, 15) is 9.59 Å². The Morgan fingerprint density at radius 2 is 1.73 bits per heavy atom. The summed E-state index contributed by atoms with van der Waals surface area (Å²) >= 11 is 1.58. The van der Waals surface area contributed by atoms with E-state index in [2.05, 4.69) is 5.32 Å². The second-order valence-corrected chi connectivity index (χ2v) is 8.00. The van der Waals surface area contributed by atoms with Gasteiger partial charge in [-0.1, -0.05) is 54.6 Å². The molecule has 1 unspecified atom stereocenters. The molecule has 0 aliphatic carbocycles. The molecule has 0 aromatic heterocycles. The SMILES string of the molecule is COc1ccccc1N1C(=O)CSC1c1ccc(NC(=O)Cc2ccccc2)cc1. The second kappa shape index (κ2) is 9.05. The van der Waals surface area contributed by atoms with E-state index in [4.69, 9.17) is 4.74 Å². The first kappa shape index (κ1) is 20.0. The summed E-state index contributed by atoms with van der Waals surface area (Å²) in [6.07, 6.45) is 0.331. The highest BCUT2D eigenvalue weighted by Crippen LogP contribution is 2.44. The number of thioether (sulfide) groups is 1. The number of nitrogens with zero attached hydrogens (tertiary/aromatic N) is 1. The lowest BCUT2D eigenvalue weighted by Crippen LogP contribution is -2.28. The average Bonchev–Trinajstić information content (AvgIpc) is 3.16. The van der Waals surface area contributed by atoms with Crippen molar-refractivity contribution in [2.75, 3.05) is 23.1 Å². The van der Waals surface area contributed by atoms with Gasteiger partial charge >= 0.3 is 0 Å². The molecule has 0 radical (unpaired) electrons. The predicted octanol–water partition coefficient (Wildman–Crippen LogP) is 4.66. The molecule has 1 aliphatic heterocycles. The van der Waals surface area contributed by atoms with E-state index in [1.807, 2.05) is 78.9 Å². The predicted molar refractivity (Wildman–Crippen MR) is 121 cm³/mol. The zero-order valence-corrected chi connectivity index (χ0v) is 17.4. The molecule has 1 N–H and O–H groups in total. The first-order chi connectivity index (χ1) is 14.7. The summed E-state index contributed by atoms with van der Waals surface area (Å²) in [5.74, 6) is 1.08. The van der Waals surface area contributed by atoms with Crippen LogP contribution in [-0.2, 0) is 16.0 Å². The van der Waals surface area contributed by atoms with Crippen LogP contribution in [0.1, 0.15) is 16.5 Å². The lowest BCUT2D eigenvalue weighted by atomic mass is 10.1. The Kier molecular flexibility index (Phi) is 6.05. The monoisotopic (exact) mass is 418 g/mol. The van der Waals surface area contributed by atoms with E-state index in [1.54, 1.807) is 23.8 Å². The molecule has 152 valence electrons. The molecule has 2 amide bonds. The molecule has 30 heavy (non-hydrogen) atoms. The highest BCUT2D eigenvalue weighted by atomic mass is 32.2. The van der Waals surface area contributed by atoms with Crippen LogP contribution in [0.5, 0.6) is 5.75 Å². The summed E-state index contributed by atoms with van der Waals surface area (Å²) in [4.78, 5) is 26.7. The molecule has 4 rings (SSSR count). The minimum absolute atomic E-state index is 0.0507. The van der Waals surface area contributed by atoms with Gasteiger partial charge in [0.2, 0.25) is 11.8 Å². The van der Waals surface area contributed by atoms with Gasteiger partial charge in [0, 0.05) is 5.69 Å². The quantitative estimate of drug-likeness (QED) is 0.633. The Morgan fingerprint density at radius 3 is 2.47 bits per heavy atom. The Hall–Kier alpha value is -3.25. The number of nitrogens with one attached hydrogen (secondary N) is 1. The molecule has 1 atom stereocenters. The Labute approximate surface area is 180 Å². The fourth-order valence-electron chi connectivity index (χ4n) is 3.48. The third-order valence-corrected chi connectivity index (χ3v) is 6.11. The van der Waals surface area contributed by atoms with Gasteiger partial charge in [0.15, 0.2) is 0 Å². The summed E-state index contributed by atoms with van der Waals surface area (Å²) in [7, 11) is 1.61. The molecule has 0 spiro atoms. The zero-order valence-electron chi connectivity index (χ0n) is 16.6. The lowest BCUT2D eigenvalue weighted by molar-refractivity contribution is -0.116. The Morgan fingerprint density at radius 1 is 1.03 bits per heavy atom. The normalized spacial score (nSPS) is 15.8. The number of methoxy groups -OCH3 is 1. The molecule has 1 heterocycles. The summed E-state index contributed by atoms with van der Waals surface area (Å²) < 4.78 is 5.45. The van der Waals surface area contributed by atoms with Gasteiger partial charge < -0.3 is 10.1 Å². The summed E-state index contributed by atoms with van der Waals surface area (Å²) in [6, 6.07) is 24.8. The second-order valence-electron chi connectivity index (χ2n) is 6.93. The number of hydrogen-bond acceptors (Lipinski definition) is 4. The fourth-order valence-corrected chi connectivity index (χ4v) is 4.65. The van der Waals surface area contributed by atoms with Crippen LogP contribution in [0.25, 0.3) is 0 Å². The van der Waals surface area contributed by atoms with E-state index < -0.39 is 0 Å². The Bertz CT molecular complexity index is 1040. The first-order valence-corrected chi connectivity index (χ1v) is 10.7. The minimum Gasteiger partial charge on any atom is -0.495 e. The number of carbonyl (C=O) groups excluding carboxylic acids is 2. The molecule has 6 heteroatoms. The van der Waals surface area contributed by atoms with Crippen LogP contribution in [0.15, 0.2) is 78.9 Å². The van der Waals surface area contributed by atoms with Crippen LogP contribution < -0.4 is 15.0 Å². The number of ether oxygens (including phenoxy) is 1. The fraction of sp³-hybridized carbons (Fsp3) is 0.167. The summed E-state index contributed by atoms with van der Waals surface area (Å²) in [5, 5.41) is 2.80. The highest BCUT2D eigenvalue weighted by molar-refractivity contribution is 8.00. The van der Waals surface area contributed by atoms with Crippen LogP contribution in [-0.4, -0.2) is 24.7 Å². The van der Waals surface area contributed by atoms with Gasteiger partial charge in [-0.2, -0.15) is 0 Å². The van der Waals surface area contributed by atoms with Crippen molar-refractivity contribution >= 4 is 35.0 Å². The van der Waals surface area contributed by atoms with Gasteiger partial charge in [0.05, 0.1) is 25.0 Å². The van der Waals surface area contributed by atoms with Gasteiger partial charge in [-0.25, -0.2) is 0 Å². The molecule has 0 bridgehead atoms. The maximum Gasteiger partial charge on any atom is 0.238 e. The number of amides is 2. The largest absolute Gasteiger partial charge is 0.495 e. The third-order valence-electron chi connectivity index (χ3n) is 4.90. The van der Waals surface area contributed by atoms with Crippen LogP contribution in [0.3, 0.4) is 0 Å². The molecular formula is C24H22N2O3S. The van der Waals surface area contributed by atoms with Gasteiger partial charge in [-0.3, -0.25) is 14.5 Å². The van der Waals surface area contributed by atoms with E-state index in [0.29, 0.717) is 17.9 Å². The van der Waals surface area contributed by atoms with Crippen molar-refractivity contribution in [3.05, 3.63) is 90.0 Å². The maximum atomic E-state index is 12.6. The lowest BCUT2D eigenvalue weighted by Gasteiger charge is -2.26. The molecule has 0 saturated carbocycles. The van der Waals surface area contributed by atoms with E-state index in [0.717, 1.165) is 22.5 Å². The molecule has 1 saturated heterocycles. The number of carbonyl (C=O) groups is 2.